The fourth-order valence-corrected chi connectivity index (χ4v) is 0.848. The van der Waals surface area contributed by atoms with Gasteiger partial charge in [0.2, 0.25) is 5.92 Å². The highest BCUT2D eigenvalue weighted by Crippen LogP contribution is 2.28. The van der Waals surface area contributed by atoms with Crippen molar-refractivity contribution in [3.8, 4) is 0 Å². The Morgan fingerprint density at radius 1 is 1.60 bits per heavy atom. The van der Waals surface area contributed by atoms with Crippen LogP contribution in [0.15, 0.2) is 0 Å². The van der Waals surface area contributed by atoms with Crippen LogP contribution in [0, 0.1) is 5.92 Å². The van der Waals surface area contributed by atoms with Crippen LogP contribution in [0.4, 0.5) is 8.78 Å². The molecule has 0 rings (SSSR count). The van der Waals surface area contributed by atoms with E-state index in [-0.39, 0.29) is 6.42 Å². The molecule has 0 amide bonds. The van der Waals surface area contributed by atoms with Crippen molar-refractivity contribution in [2.75, 3.05) is 0 Å². The standard InChI is InChI=1S/C7H12F2O/c1-3-6(4-5-10)7(2,8)9/h5-6H,3-4H2,1-2H3. The number of aldehydes is 1. The van der Waals surface area contributed by atoms with Gasteiger partial charge in [-0.15, -0.1) is 0 Å². The number of hydrogen-bond acceptors (Lipinski definition) is 1. The van der Waals surface area contributed by atoms with Crippen molar-refractivity contribution in [3.63, 3.8) is 0 Å². The summed E-state index contributed by atoms with van der Waals surface area (Å²) in [4.78, 5) is 9.89. The van der Waals surface area contributed by atoms with Gasteiger partial charge in [-0.25, -0.2) is 8.78 Å². The van der Waals surface area contributed by atoms with Crippen molar-refractivity contribution in [1.82, 2.24) is 0 Å². The first kappa shape index (κ1) is 9.53. The van der Waals surface area contributed by atoms with E-state index >= 15 is 0 Å². The van der Waals surface area contributed by atoms with Crippen LogP contribution in [-0.2, 0) is 4.79 Å². The summed E-state index contributed by atoms with van der Waals surface area (Å²) in [6, 6.07) is 0. The summed E-state index contributed by atoms with van der Waals surface area (Å²) in [5, 5.41) is 0. The second-order valence-electron chi connectivity index (χ2n) is 2.46. The quantitative estimate of drug-likeness (QED) is 0.562. The number of rotatable bonds is 4. The molecule has 0 spiro atoms. The maximum Gasteiger partial charge on any atom is 0.248 e. The zero-order valence-corrected chi connectivity index (χ0v) is 6.23. The predicted octanol–water partition coefficient (Wildman–Crippen LogP) is 2.26. The summed E-state index contributed by atoms with van der Waals surface area (Å²) >= 11 is 0. The molecule has 60 valence electrons. The fraction of sp³-hybridized carbons (Fsp3) is 0.857. The van der Waals surface area contributed by atoms with Gasteiger partial charge in [-0.05, 0) is 13.3 Å². The van der Waals surface area contributed by atoms with Gasteiger partial charge >= 0.3 is 0 Å². The summed E-state index contributed by atoms with van der Waals surface area (Å²) in [6.45, 7) is 2.51. The number of carbonyl (C=O) groups excluding carboxylic acids is 1. The van der Waals surface area contributed by atoms with Crippen LogP contribution in [0.3, 0.4) is 0 Å². The SMILES string of the molecule is CCC(CC=O)C(C)(F)F. The van der Waals surface area contributed by atoms with E-state index in [0.717, 1.165) is 6.92 Å². The van der Waals surface area contributed by atoms with Gasteiger partial charge in [0.1, 0.15) is 6.29 Å². The van der Waals surface area contributed by atoms with Crippen LogP contribution in [0.25, 0.3) is 0 Å². The summed E-state index contributed by atoms with van der Waals surface area (Å²) in [5.74, 6) is -3.50. The molecule has 0 heterocycles. The molecule has 1 atom stereocenters. The van der Waals surface area contributed by atoms with Gasteiger partial charge in [-0.2, -0.15) is 0 Å². The highest BCUT2D eigenvalue weighted by Gasteiger charge is 2.31. The lowest BCUT2D eigenvalue weighted by molar-refractivity contribution is -0.113. The van der Waals surface area contributed by atoms with Crippen molar-refractivity contribution < 1.29 is 13.6 Å². The first-order chi connectivity index (χ1) is 4.52. The lowest BCUT2D eigenvalue weighted by Crippen LogP contribution is -2.23. The molecule has 0 radical (unpaired) electrons. The zero-order valence-electron chi connectivity index (χ0n) is 6.23. The zero-order chi connectivity index (χ0) is 8.20. The van der Waals surface area contributed by atoms with Crippen LogP contribution >= 0.6 is 0 Å². The highest BCUT2D eigenvalue weighted by atomic mass is 19.3. The van der Waals surface area contributed by atoms with Crippen molar-refractivity contribution in [1.29, 1.82) is 0 Å². The molecule has 0 N–H and O–H groups in total. The molecule has 10 heavy (non-hydrogen) atoms. The van der Waals surface area contributed by atoms with E-state index < -0.39 is 11.8 Å². The Morgan fingerprint density at radius 2 is 2.10 bits per heavy atom. The normalized spacial score (nSPS) is 14.8. The van der Waals surface area contributed by atoms with E-state index in [1.165, 1.54) is 0 Å². The number of halogens is 2. The minimum Gasteiger partial charge on any atom is -0.303 e. The van der Waals surface area contributed by atoms with Crippen molar-refractivity contribution in [2.45, 2.75) is 32.6 Å². The molecule has 0 fully saturated rings. The molecule has 1 nitrogen and oxygen atoms in total. The molecule has 0 aliphatic heterocycles. The first-order valence-electron chi connectivity index (χ1n) is 3.33. The van der Waals surface area contributed by atoms with Gasteiger partial charge in [0.25, 0.3) is 0 Å². The molecule has 1 unspecified atom stereocenters. The van der Waals surface area contributed by atoms with Gasteiger partial charge in [0.05, 0.1) is 0 Å². The fourth-order valence-electron chi connectivity index (χ4n) is 0.848. The van der Waals surface area contributed by atoms with E-state index in [4.69, 9.17) is 0 Å². The number of alkyl halides is 2. The lowest BCUT2D eigenvalue weighted by Gasteiger charge is -2.19. The third-order valence-electron chi connectivity index (χ3n) is 1.59. The Bertz CT molecular complexity index is 107. The van der Waals surface area contributed by atoms with E-state index in [2.05, 4.69) is 0 Å². The molecule has 0 aromatic heterocycles. The highest BCUT2D eigenvalue weighted by molar-refractivity contribution is 5.49. The van der Waals surface area contributed by atoms with E-state index in [9.17, 15) is 13.6 Å². The maximum atomic E-state index is 12.4. The van der Waals surface area contributed by atoms with Crippen LogP contribution < -0.4 is 0 Å². The molecule has 0 saturated carbocycles. The molecule has 0 aromatic carbocycles. The van der Waals surface area contributed by atoms with Crippen LogP contribution in [-0.4, -0.2) is 12.2 Å². The lowest BCUT2D eigenvalue weighted by atomic mass is 9.97. The maximum absolute atomic E-state index is 12.4. The third kappa shape index (κ3) is 2.90. The van der Waals surface area contributed by atoms with Gasteiger partial charge in [-0.1, -0.05) is 6.92 Å². The molecule has 0 aromatic rings. The van der Waals surface area contributed by atoms with E-state index in [1.54, 1.807) is 6.92 Å². The van der Waals surface area contributed by atoms with Gasteiger partial charge in [0.15, 0.2) is 0 Å². The molecule has 3 heteroatoms. The average molecular weight is 150 g/mol. The van der Waals surface area contributed by atoms with Crippen molar-refractivity contribution in [2.24, 2.45) is 5.92 Å². The van der Waals surface area contributed by atoms with E-state index in [0.29, 0.717) is 12.7 Å². The average Bonchev–Trinajstić information content (AvgIpc) is 1.80. The van der Waals surface area contributed by atoms with Crippen molar-refractivity contribution >= 4 is 6.29 Å². The molecule has 0 aliphatic rings. The number of carbonyl (C=O) groups is 1. The summed E-state index contributed by atoms with van der Waals surface area (Å²) in [6.07, 6.45) is 0.855. The Labute approximate surface area is 59.4 Å². The summed E-state index contributed by atoms with van der Waals surface area (Å²) in [5.41, 5.74) is 0. The van der Waals surface area contributed by atoms with Crippen LogP contribution in [0.5, 0.6) is 0 Å². The van der Waals surface area contributed by atoms with E-state index in [1.807, 2.05) is 0 Å². The third-order valence-corrected chi connectivity index (χ3v) is 1.59. The molecule has 0 saturated heterocycles. The van der Waals surface area contributed by atoms with Gasteiger partial charge in [0, 0.05) is 12.3 Å². The van der Waals surface area contributed by atoms with Gasteiger partial charge < -0.3 is 4.79 Å². The minimum absolute atomic E-state index is 0.0417. The summed E-state index contributed by atoms with van der Waals surface area (Å²) < 4.78 is 24.8. The van der Waals surface area contributed by atoms with Crippen LogP contribution in [0.1, 0.15) is 26.7 Å². The number of hydrogen-bond donors (Lipinski definition) is 0. The topological polar surface area (TPSA) is 17.1 Å². The van der Waals surface area contributed by atoms with Crippen LogP contribution in [0.2, 0.25) is 0 Å². The second-order valence-corrected chi connectivity index (χ2v) is 2.46. The molecular weight excluding hydrogens is 138 g/mol. The second kappa shape index (κ2) is 3.64. The molecule has 0 aliphatic carbocycles. The van der Waals surface area contributed by atoms with Gasteiger partial charge in [-0.3, -0.25) is 0 Å². The Balaban J connectivity index is 3.92. The molecule has 0 bridgehead atoms. The minimum atomic E-state index is -2.71. The smallest absolute Gasteiger partial charge is 0.248 e. The summed E-state index contributed by atoms with van der Waals surface area (Å²) in [7, 11) is 0. The monoisotopic (exact) mass is 150 g/mol. The van der Waals surface area contributed by atoms with Crippen molar-refractivity contribution in [3.05, 3.63) is 0 Å². The Kier molecular flexibility index (Phi) is 3.47. The first-order valence-corrected chi connectivity index (χ1v) is 3.33. The Hall–Kier alpha value is -0.470. The Morgan fingerprint density at radius 3 is 2.20 bits per heavy atom. The predicted molar refractivity (Wildman–Crippen MR) is 35.1 cm³/mol. The largest absolute Gasteiger partial charge is 0.303 e. The molecular formula is C7H12F2O.